The van der Waals surface area contributed by atoms with Crippen LogP contribution < -0.4 is 0 Å². The zero-order chi connectivity index (χ0) is 13.0. The molecule has 0 amide bonds. The number of ketones is 1. The summed E-state index contributed by atoms with van der Waals surface area (Å²) in [6.07, 6.45) is 6.84. The highest BCUT2D eigenvalue weighted by molar-refractivity contribution is 5.95. The predicted molar refractivity (Wildman–Crippen MR) is 75.4 cm³/mol. The minimum atomic E-state index is 0.0387. The van der Waals surface area contributed by atoms with Gasteiger partial charge >= 0.3 is 0 Å². The molecule has 0 N–H and O–H groups in total. The molecule has 0 saturated carbocycles. The van der Waals surface area contributed by atoms with Crippen LogP contribution in [0.1, 0.15) is 32.3 Å². The molecule has 1 aliphatic rings. The summed E-state index contributed by atoms with van der Waals surface area (Å²) >= 11 is 0. The normalized spacial score (nSPS) is 19.4. The van der Waals surface area contributed by atoms with E-state index in [1.54, 1.807) is 6.08 Å². The minimum Gasteiger partial charge on any atom is -0.294 e. The van der Waals surface area contributed by atoms with Gasteiger partial charge in [-0.2, -0.15) is 0 Å². The first-order chi connectivity index (χ1) is 8.72. The van der Waals surface area contributed by atoms with Crippen molar-refractivity contribution in [2.24, 2.45) is 5.92 Å². The van der Waals surface area contributed by atoms with Crippen molar-refractivity contribution in [1.82, 2.24) is 0 Å². The fourth-order valence-corrected chi connectivity index (χ4v) is 2.48. The van der Waals surface area contributed by atoms with Crippen LogP contribution in [-0.2, 0) is 11.2 Å². The molecule has 0 spiro atoms. The molecule has 1 aromatic rings. The zero-order valence-corrected chi connectivity index (χ0v) is 11.1. The Labute approximate surface area is 109 Å². The first-order valence-electron chi connectivity index (χ1n) is 6.70. The molecule has 2 rings (SSSR count). The van der Waals surface area contributed by atoms with E-state index in [1.807, 2.05) is 19.1 Å². The lowest BCUT2D eigenvalue weighted by Gasteiger charge is -2.21. The Bertz CT molecular complexity index is 480. The van der Waals surface area contributed by atoms with Gasteiger partial charge in [-0.15, -0.1) is 0 Å². The summed E-state index contributed by atoms with van der Waals surface area (Å²) in [5, 5.41) is 0. The Hall–Kier alpha value is -1.63. The molecule has 1 heteroatoms. The van der Waals surface area contributed by atoms with Gasteiger partial charge in [-0.1, -0.05) is 62.2 Å². The summed E-state index contributed by atoms with van der Waals surface area (Å²) < 4.78 is 0. The lowest BCUT2D eigenvalue weighted by Crippen LogP contribution is -2.18. The molecule has 18 heavy (non-hydrogen) atoms. The van der Waals surface area contributed by atoms with Crippen molar-refractivity contribution in [2.75, 3.05) is 0 Å². The third-order valence-corrected chi connectivity index (χ3v) is 3.57. The minimum absolute atomic E-state index is 0.0387. The first-order valence-corrected chi connectivity index (χ1v) is 6.70. The summed E-state index contributed by atoms with van der Waals surface area (Å²) in [4.78, 5) is 11.8. The van der Waals surface area contributed by atoms with E-state index in [4.69, 9.17) is 0 Å². The highest BCUT2D eigenvalue weighted by Gasteiger charge is 2.22. The Balaban J connectivity index is 2.29. The first kappa shape index (κ1) is 12.8. The number of benzene rings is 1. The summed E-state index contributed by atoms with van der Waals surface area (Å²) in [5.74, 6) is 0.276. The third-order valence-electron chi connectivity index (χ3n) is 3.57. The van der Waals surface area contributed by atoms with E-state index in [2.05, 4.69) is 31.2 Å². The Kier molecular flexibility index (Phi) is 4.14. The van der Waals surface area contributed by atoms with Crippen LogP contribution in [0.4, 0.5) is 0 Å². The maximum atomic E-state index is 11.8. The maximum absolute atomic E-state index is 11.8. The maximum Gasteiger partial charge on any atom is 0.162 e. The van der Waals surface area contributed by atoms with E-state index in [0.29, 0.717) is 0 Å². The lowest BCUT2D eigenvalue weighted by molar-refractivity contribution is -0.116. The second kappa shape index (κ2) is 5.81. The Morgan fingerprint density at radius 3 is 2.50 bits per heavy atom. The molecular weight excluding hydrogens is 220 g/mol. The topological polar surface area (TPSA) is 17.1 Å². The molecule has 1 unspecified atom stereocenters. The number of hydrogen-bond acceptors (Lipinski definition) is 1. The van der Waals surface area contributed by atoms with Crippen molar-refractivity contribution < 1.29 is 4.79 Å². The van der Waals surface area contributed by atoms with Crippen LogP contribution in [0.5, 0.6) is 0 Å². The van der Waals surface area contributed by atoms with Gasteiger partial charge < -0.3 is 0 Å². The van der Waals surface area contributed by atoms with Gasteiger partial charge in [-0.25, -0.2) is 0 Å². The van der Waals surface area contributed by atoms with Gasteiger partial charge in [0.25, 0.3) is 0 Å². The second-order valence-electron chi connectivity index (χ2n) is 4.92. The molecule has 0 heterocycles. The van der Waals surface area contributed by atoms with Crippen LogP contribution in [0.2, 0.25) is 0 Å². The fourth-order valence-electron chi connectivity index (χ4n) is 2.48. The summed E-state index contributed by atoms with van der Waals surface area (Å²) in [6.45, 7) is 4.21. The summed E-state index contributed by atoms with van der Waals surface area (Å²) in [7, 11) is 0. The SMILES string of the molecule is CCCC1=C(Cc2ccccc2)C(C)C(=O)C=C1. The van der Waals surface area contributed by atoms with Crippen LogP contribution in [0.25, 0.3) is 0 Å². The monoisotopic (exact) mass is 240 g/mol. The molecule has 0 saturated heterocycles. The molecule has 0 aromatic heterocycles. The lowest BCUT2D eigenvalue weighted by atomic mass is 9.82. The van der Waals surface area contributed by atoms with Gasteiger partial charge in [-0.05, 0) is 30.1 Å². The predicted octanol–water partition coefficient (Wildman–Crippen LogP) is 4.10. The fraction of sp³-hybridized carbons (Fsp3) is 0.353. The zero-order valence-electron chi connectivity index (χ0n) is 11.1. The number of hydrogen-bond donors (Lipinski definition) is 0. The number of allylic oxidation sites excluding steroid dienone is 4. The van der Waals surface area contributed by atoms with E-state index in [0.717, 1.165) is 19.3 Å². The van der Waals surface area contributed by atoms with Crippen molar-refractivity contribution in [2.45, 2.75) is 33.1 Å². The highest BCUT2D eigenvalue weighted by Crippen LogP contribution is 2.28. The third kappa shape index (κ3) is 2.79. The largest absolute Gasteiger partial charge is 0.294 e. The van der Waals surface area contributed by atoms with E-state index < -0.39 is 0 Å². The van der Waals surface area contributed by atoms with Crippen molar-refractivity contribution in [1.29, 1.82) is 0 Å². The van der Waals surface area contributed by atoms with Crippen LogP contribution in [0, 0.1) is 5.92 Å². The Morgan fingerprint density at radius 2 is 1.83 bits per heavy atom. The molecule has 94 valence electrons. The van der Waals surface area contributed by atoms with E-state index in [9.17, 15) is 4.79 Å². The van der Waals surface area contributed by atoms with Gasteiger partial charge in [0.15, 0.2) is 5.78 Å². The number of rotatable bonds is 4. The average Bonchev–Trinajstić information content (AvgIpc) is 2.40. The van der Waals surface area contributed by atoms with Crippen LogP contribution in [-0.4, -0.2) is 5.78 Å². The molecule has 0 aliphatic heterocycles. The number of carbonyl (C=O) groups is 1. The smallest absolute Gasteiger partial charge is 0.162 e. The molecule has 0 radical (unpaired) electrons. The average molecular weight is 240 g/mol. The van der Waals surface area contributed by atoms with Gasteiger partial charge in [-0.3, -0.25) is 4.79 Å². The van der Waals surface area contributed by atoms with Crippen LogP contribution in [0.3, 0.4) is 0 Å². The van der Waals surface area contributed by atoms with Crippen LogP contribution in [0.15, 0.2) is 53.6 Å². The standard InChI is InChI=1S/C17H20O/c1-3-7-15-10-11-17(18)13(2)16(15)12-14-8-5-4-6-9-14/h4-6,8-11,13H,3,7,12H2,1-2H3. The van der Waals surface area contributed by atoms with Gasteiger partial charge in [0.05, 0.1) is 0 Å². The van der Waals surface area contributed by atoms with Gasteiger partial charge in [0, 0.05) is 5.92 Å². The van der Waals surface area contributed by atoms with E-state index in [1.165, 1.54) is 16.7 Å². The van der Waals surface area contributed by atoms with Crippen LogP contribution >= 0.6 is 0 Å². The molecule has 1 aromatic carbocycles. The van der Waals surface area contributed by atoms with Crippen molar-refractivity contribution in [3.8, 4) is 0 Å². The summed E-state index contributed by atoms with van der Waals surface area (Å²) in [5.41, 5.74) is 3.94. The van der Waals surface area contributed by atoms with Gasteiger partial charge in [0.2, 0.25) is 0 Å². The molecular formula is C17H20O. The van der Waals surface area contributed by atoms with Crippen molar-refractivity contribution >= 4 is 5.78 Å². The molecule has 1 aliphatic carbocycles. The van der Waals surface area contributed by atoms with E-state index in [-0.39, 0.29) is 11.7 Å². The van der Waals surface area contributed by atoms with E-state index >= 15 is 0 Å². The van der Waals surface area contributed by atoms with Crippen molar-refractivity contribution in [3.63, 3.8) is 0 Å². The molecule has 0 fully saturated rings. The van der Waals surface area contributed by atoms with Crippen molar-refractivity contribution in [3.05, 3.63) is 59.2 Å². The Morgan fingerprint density at radius 1 is 1.11 bits per heavy atom. The quantitative estimate of drug-likeness (QED) is 0.774. The molecule has 0 bridgehead atoms. The summed E-state index contributed by atoms with van der Waals surface area (Å²) in [6, 6.07) is 10.4. The van der Waals surface area contributed by atoms with Gasteiger partial charge in [0.1, 0.15) is 0 Å². The number of carbonyl (C=O) groups excluding carboxylic acids is 1. The second-order valence-corrected chi connectivity index (χ2v) is 4.92. The molecule has 1 nitrogen and oxygen atoms in total. The molecule has 1 atom stereocenters. The highest BCUT2D eigenvalue weighted by atomic mass is 16.1.